The van der Waals surface area contributed by atoms with Crippen LogP contribution in [-0.4, -0.2) is 40.6 Å². The van der Waals surface area contributed by atoms with Crippen molar-refractivity contribution in [3.63, 3.8) is 0 Å². The van der Waals surface area contributed by atoms with Crippen LogP contribution in [0.5, 0.6) is 0 Å². The molecule has 0 bridgehead atoms. The molecule has 0 atom stereocenters. The predicted octanol–water partition coefficient (Wildman–Crippen LogP) is 3.86. The Hall–Kier alpha value is -2.63. The molecule has 33 heavy (non-hydrogen) atoms. The van der Waals surface area contributed by atoms with Gasteiger partial charge in [-0.1, -0.05) is 23.7 Å². The van der Waals surface area contributed by atoms with E-state index in [-0.39, 0.29) is 56.5 Å². The lowest BCUT2D eigenvalue weighted by molar-refractivity contribution is -0.137. The van der Waals surface area contributed by atoms with Crippen LogP contribution in [0.1, 0.15) is 29.8 Å². The highest BCUT2D eigenvalue weighted by Gasteiger charge is 2.36. The molecule has 0 spiro atoms. The molecule has 4 rings (SSSR count). The van der Waals surface area contributed by atoms with Crippen molar-refractivity contribution in [2.45, 2.75) is 36.4 Å². The number of nitrogens with zero attached hydrogens (tertiary/aromatic N) is 2. The van der Waals surface area contributed by atoms with E-state index in [1.807, 2.05) is 0 Å². The minimum absolute atomic E-state index is 0.0110. The average molecular weight is 501 g/mol. The van der Waals surface area contributed by atoms with Gasteiger partial charge in [-0.15, -0.1) is 5.10 Å². The van der Waals surface area contributed by atoms with E-state index < -0.39 is 27.7 Å². The summed E-state index contributed by atoms with van der Waals surface area (Å²) in [7, 11) is -3.62. The first kappa shape index (κ1) is 23.5. The Labute approximate surface area is 192 Å². The van der Waals surface area contributed by atoms with Gasteiger partial charge < -0.3 is 10.8 Å². The fourth-order valence-corrected chi connectivity index (χ4v) is 5.92. The molecule has 1 fully saturated rings. The number of aliphatic hydroxyl groups is 1. The van der Waals surface area contributed by atoms with E-state index in [4.69, 9.17) is 17.3 Å². The van der Waals surface area contributed by atoms with Crippen molar-refractivity contribution in [3.05, 3.63) is 58.4 Å². The molecular formula is C21H20ClF3N4O3S. The van der Waals surface area contributed by atoms with Crippen LogP contribution in [0, 0.1) is 5.92 Å². The molecule has 2 aromatic carbocycles. The number of nitrogens with two attached hydrogens (primary N) is 1. The van der Waals surface area contributed by atoms with Gasteiger partial charge in [0.25, 0.3) is 0 Å². The highest BCUT2D eigenvalue weighted by atomic mass is 35.5. The van der Waals surface area contributed by atoms with Crippen LogP contribution in [0.25, 0.3) is 11.1 Å². The maximum Gasteiger partial charge on any atom is 0.417 e. The van der Waals surface area contributed by atoms with Crippen LogP contribution < -0.4 is 5.73 Å². The van der Waals surface area contributed by atoms with Gasteiger partial charge >= 0.3 is 6.18 Å². The molecule has 0 unspecified atom stereocenters. The molecular weight excluding hydrogens is 481 g/mol. The number of aliphatic hydroxyl groups excluding tert-OH is 1. The maximum atomic E-state index is 13.9. The molecule has 1 aromatic heterocycles. The minimum atomic E-state index is -4.70. The Morgan fingerprint density at radius 1 is 1.18 bits per heavy atom. The van der Waals surface area contributed by atoms with Crippen molar-refractivity contribution in [3.8, 4) is 11.1 Å². The van der Waals surface area contributed by atoms with Crippen molar-refractivity contribution in [1.29, 1.82) is 0 Å². The number of rotatable bonds is 6. The lowest BCUT2D eigenvalue weighted by atomic mass is 9.84. The SMILES string of the molecule is Nc1n[nH]c(Cc2cc(Cl)c(-c3ccc(S(=O)(=O)CC4CC(O)C4)cc3)c(C(F)(F)F)c2)n1. The number of alkyl halides is 3. The zero-order valence-electron chi connectivity index (χ0n) is 17.1. The molecule has 1 saturated carbocycles. The van der Waals surface area contributed by atoms with Crippen molar-refractivity contribution >= 4 is 27.4 Å². The Morgan fingerprint density at radius 3 is 2.39 bits per heavy atom. The molecule has 0 aliphatic heterocycles. The van der Waals surface area contributed by atoms with E-state index in [2.05, 4.69) is 15.2 Å². The molecule has 12 heteroatoms. The molecule has 176 valence electrons. The monoisotopic (exact) mass is 500 g/mol. The topological polar surface area (TPSA) is 122 Å². The average Bonchev–Trinajstić information content (AvgIpc) is 3.10. The number of H-pyrrole nitrogens is 1. The van der Waals surface area contributed by atoms with Gasteiger partial charge in [0.15, 0.2) is 9.84 Å². The van der Waals surface area contributed by atoms with Crippen LogP contribution in [0.4, 0.5) is 19.1 Å². The molecule has 0 saturated heterocycles. The quantitative estimate of drug-likeness (QED) is 0.472. The largest absolute Gasteiger partial charge is 0.417 e. The second kappa shape index (κ2) is 8.62. The molecule has 7 nitrogen and oxygen atoms in total. The predicted molar refractivity (Wildman–Crippen MR) is 116 cm³/mol. The van der Waals surface area contributed by atoms with Gasteiger partial charge in [0.2, 0.25) is 5.95 Å². The number of benzene rings is 2. The van der Waals surface area contributed by atoms with E-state index in [0.717, 1.165) is 6.07 Å². The van der Waals surface area contributed by atoms with Gasteiger partial charge in [-0.3, -0.25) is 5.10 Å². The Morgan fingerprint density at radius 2 is 1.85 bits per heavy atom. The number of anilines is 1. The van der Waals surface area contributed by atoms with Crippen LogP contribution in [0.2, 0.25) is 5.02 Å². The first-order valence-electron chi connectivity index (χ1n) is 10.00. The molecule has 1 aliphatic carbocycles. The van der Waals surface area contributed by atoms with Gasteiger partial charge in [-0.05, 0) is 54.2 Å². The van der Waals surface area contributed by atoms with E-state index in [1.165, 1.54) is 30.3 Å². The first-order valence-corrected chi connectivity index (χ1v) is 12.0. The van der Waals surface area contributed by atoms with Gasteiger partial charge in [0.05, 0.1) is 22.3 Å². The molecule has 4 N–H and O–H groups in total. The summed E-state index contributed by atoms with van der Waals surface area (Å²) in [5.74, 6) is 0.0345. The highest BCUT2D eigenvalue weighted by Crippen LogP contribution is 2.42. The molecule has 0 amide bonds. The summed E-state index contributed by atoms with van der Waals surface area (Å²) < 4.78 is 66.9. The minimum Gasteiger partial charge on any atom is -0.393 e. The Bertz CT molecular complexity index is 1270. The van der Waals surface area contributed by atoms with Gasteiger partial charge in [-0.2, -0.15) is 18.2 Å². The van der Waals surface area contributed by atoms with E-state index >= 15 is 0 Å². The third-order valence-electron chi connectivity index (χ3n) is 5.54. The molecule has 1 aliphatic rings. The second-order valence-corrected chi connectivity index (χ2v) is 10.6. The van der Waals surface area contributed by atoms with Gasteiger partial charge in [0.1, 0.15) is 5.82 Å². The fourth-order valence-electron chi connectivity index (χ4n) is 3.94. The summed E-state index contributed by atoms with van der Waals surface area (Å²) in [6, 6.07) is 7.57. The summed E-state index contributed by atoms with van der Waals surface area (Å²) in [6.07, 6.45) is -4.31. The van der Waals surface area contributed by atoms with Crippen LogP contribution in [0.3, 0.4) is 0 Å². The normalized spacial score (nSPS) is 18.8. The zero-order chi connectivity index (χ0) is 24.0. The van der Waals surface area contributed by atoms with Crippen molar-refractivity contribution < 1.29 is 26.7 Å². The summed E-state index contributed by atoms with van der Waals surface area (Å²) in [6.45, 7) is 0. The summed E-state index contributed by atoms with van der Waals surface area (Å²) in [5, 5.41) is 15.4. The number of nitrogen functional groups attached to an aromatic ring is 1. The highest BCUT2D eigenvalue weighted by molar-refractivity contribution is 7.91. The summed E-state index contributed by atoms with van der Waals surface area (Å²) in [5.41, 5.74) is 4.65. The van der Waals surface area contributed by atoms with Gasteiger partial charge in [0, 0.05) is 17.0 Å². The number of hydrogen-bond acceptors (Lipinski definition) is 6. The van der Waals surface area contributed by atoms with E-state index in [1.54, 1.807) is 0 Å². The summed E-state index contributed by atoms with van der Waals surface area (Å²) >= 11 is 6.27. The third-order valence-corrected chi connectivity index (χ3v) is 7.74. The van der Waals surface area contributed by atoms with Crippen LogP contribution in [-0.2, 0) is 22.4 Å². The number of aromatic nitrogens is 3. The van der Waals surface area contributed by atoms with E-state index in [0.29, 0.717) is 12.8 Å². The van der Waals surface area contributed by atoms with Crippen LogP contribution in [0.15, 0.2) is 41.3 Å². The van der Waals surface area contributed by atoms with Crippen molar-refractivity contribution in [2.24, 2.45) is 5.92 Å². The summed E-state index contributed by atoms with van der Waals surface area (Å²) in [4.78, 5) is 3.90. The Balaban J connectivity index is 1.66. The smallest absolute Gasteiger partial charge is 0.393 e. The molecule has 1 heterocycles. The first-order chi connectivity index (χ1) is 15.4. The lowest BCUT2D eigenvalue weighted by Crippen LogP contribution is -2.33. The second-order valence-electron chi connectivity index (χ2n) is 8.11. The molecule has 3 aromatic rings. The fraction of sp³-hybridized carbons (Fsp3) is 0.333. The number of nitrogens with one attached hydrogen (secondary N) is 1. The zero-order valence-corrected chi connectivity index (χ0v) is 18.7. The lowest BCUT2D eigenvalue weighted by Gasteiger charge is -2.30. The van der Waals surface area contributed by atoms with Crippen LogP contribution >= 0.6 is 11.6 Å². The van der Waals surface area contributed by atoms with Gasteiger partial charge in [-0.25, -0.2) is 8.42 Å². The Kier molecular flexibility index (Phi) is 6.14. The number of aromatic amines is 1. The maximum absolute atomic E-state index is 13.9. The third kappa shape index (κ3) is 5.15. The number of hydrogen-bond donors (Lipinski definition) is 3. The van der Waals surface area contributed by atoms with Crippen molar-refractivity contribution in [2.75, 3.05) is 11.5 Å². The molecule has 0 radical (unpaired) electrons. The van der Waals surface area contributed by atoms with Crippen molar-refractivity contribution in [1.82, 2.24) is 15.2 Å². The number of sulfone groups is 1. The van der Waals surface area contributed by atoms with E-state index in [9.17, 15) is 26.7 Å². The number of halogens is 4. The standard InChI is InChI=1S/C21H20ClF3N4O3S/c22-17-8-11(9-18-27-20(26)29-28-18)7-16(21(23,24)25)19(17)13-1-3-15(4-2-13)33(31,32)10-12-5-14(30)6-12/h1-4,7-8,12,14,30H,5-6,9-10H2,(H3,26,27,28,29).